The van der Waals surface area contributed by atoms with Crippen LogP contribution in [0.1, 0.15) is 24.8 Å². The minimum atomic E-state index is -3.17. The molecule has 23 heavy (non-hydrogen) atoms. The van der Waals surface area contributed by atoms with Gasteiger partial charge < -0.3 is 4.90 Å². The summed E-state index contributed by atoms with van der Waals surface area (Å²) in [5, 5.41) is -0.189. The second kappa shape index (κ2) is 5.56. The molecular weight excluding hydrogens is 314 g/mol. The lowest BCUT2D eigenvalue weighted by atomic mass is 9.88. The van der Waals surface area contributed by atoms with E-state index >= 15 is 0 Å². The van der Waals surface area contributed by atoms with Crippen molar-refractivity contribution in [2.75, 3.05) is 19.6 Å². The van der Waals surface area contributed by atoms with Gasteiger partial charge in [-0.1, -0.05) is 0 Å². The van der Waals surface area contributed by atoms with Crippen molar-refractivity contribution in [3.05, 3.63) is 30.1 Å². The summed E-state index contributed by atoms with van der Waals surface area (Å²) in [6.07, 6.45) is 5.89. The number of hydrogen-bond donors (Lipinski definition) is 0. The molecule has 0 radical (unpaired) electrons. The Hall–Kier alpha value is -1.47. The molecule has 0 bridgehead atoms. The van der Waals surface area contributed by atoms with Gasteiger partial charge in [0.15, 0.2) is 0 Å². The van der Waals surface area contributed by atoms with Crippen LogP contribution in [-0.4, -0.2) is 53.4 Å². The zero-order chi connectivity index (χ0) is 16.0. The SMILES string of the molecule is O=C1C2CN(S(=O)(=O)C3CC3)CC2CCN1Cc1ccncc1. The highest BCUT2D eigenvalue weighted by molar-refractivity contribution is 7.90. The smallest absolute Gasteiger partial charge is 0.227 e. The van der Waals surface area contributed by atoms with Crippen LogP contribution in [0.5, 0.6) is 0 Å². The largest absolute Gasteiger partial charge is 0.338 e. The molecule has 2 saturated heterocycles. The van der Waals surface area contributed by atoms with Crippen molar-refractivity contribution in [3.63, 3.8) is 0 Å². The molecule has 0 spiro atoms. The van der Waals surface area contributed by atoms with Gasteiger partial charge in [0.05, 0.1) is 11.2 Å². The van der Waals surface area contributed by atoms with E-state index in [0.29, 0.717) is 26.2 Å². The first-order chi connectivity index (χ1) is 11.1. The number of amides is 1. The Kier molecular flexibility index (Phi) is 3.65. The summed E-state index contributed by atoms with van der Waals surface area (Å²) in [7, 11) is -3.17. The van der Waals surface area contributed by atoms with Crippen molar-refractivity contribution in [1.82, 2.24) is 14.2 Å². The normalized spacial score (nSPS) is 28.9. The van der Waals surface area contributed by atoms with E-state index in [0.717, 1.165) is 24.8 Å². The van der Waals surface area contributed by atoms with E-state index in [9.17, 15) is 13.2 Å². The van der Waals surface area contributed by atoms with Gasteiger partial charge in [0.1, 0.15) is 0 Å². The third-order valence-corrected chi connectivity index (χ3v) is 7.57. The topological polar surface area (TPSA) is 70.6 Å². The molecular formula is C16H21N3O3S. The van der Waals surface area contributed by atoms with E-state index in [1.807, 2.05) is 17.0 Å². The molecule has 1 aromatic heterocycles. The molecule has 1 aromatic rings. The number of carbonyl (C=O) groups excluding carboxylic acids is 1. The molecule has 124 valence electrons. The van der Waals surface area contributed by atoms with Gasteiger partial charge in [-0.2, -0.15) is 0 Å². The maximum Gasteiger partial charge on any atom is 0.227 e. The summed E-state index contributed by atoms with van der Waals surface area (Å²) < 4.78 is 26.4. The average Bonchev–Trinajstić information content (AvgIpc) is 3.31. The van der Waals surface area contributed by atoms with Crippen LogP contribution in [0, 0.1) is 11.8 Å². The molecule has 2 unspecified atom stereocenters. The maximum absolute atomic E-state index is 12.8. The number of hydrogen-bond acceptors (Lipinski definition) is 4. The number of pyridine rings is 1. The van der Waals surface area contributed by atoms with Crippen LogP contribution in [0.25, 0.3) is 0 Å². The first kappa shape index (κ1) is 15.1. The number of carbonyl (C=O) groups is 1. The number of nitrogens with zero attached hydrogens (tertiary/aromatic N) is 3. The molecule has 3 aliphatic rings. The van der Waals surface area contributed by atoms with Crippen molar-refractivity contribution in [3.8, 4) is 0 Å². The third kappa shape index (κ3) is 2.76. The molecule has 1 saturated carbocycles. The lowest BCUT2D eigenvalue weighted by molar-refractivity contribution is -0.140. The number of likely N-dealkylation sites (tertiary alicyclic amines) is 1. The minimum Gasteiger partial charge on any atom is -0.338 e. The highest BCUT2D eigenvalue weighted by Gasteiger charge is 2.49. The van der Waals surface area contributed by atoms with Gasteiger partial charge in [-0.25, -0.2) is 12.7 Å². The third-order valence-electron chi connectivity index (χ3n) is 5.23. The Bertz CT molecular complexity index is 703. The van der Waals surface area contributed by atoms with Crippen LogP contribution in [0.4, 0.5) is 0 Å². The molecule has 7 heteroatoms. The molecule has 3 heterocycles. The van der Waals surface area contributed by atoms with E-state index in [4.69, 9.17) is 0 Å². The Labute approximate surface area is 136 Å². The van der Waals surface area contributed by atoms with Crippen LogP contribution in [0.2, 0.25) is 0 Å². The van der Waals surface area contributed by atoms with Gasteiger partial charge >= 0.3 is 0 Å². The number of piperidine rings is 1. The molecule has 2 atom stereocenters. The first-order valence-electron chi connectivity index (χ1n) is 8.22. The van der Waals surface area contributed by atoms with Crippen LogP contribution >= 0.6 is 0 Å². The highest BCUT2D eigenvalue weighted by atomic mass is 32.2. The Balaban J connectivity index is 1.46. The summed E-state index contributed by atoms with van der Waals surface area (Å²) in [6.45, 7) is 2.19. The van der Waals surface area contributed by atoms with Gasteiger partial charge in [-0.05, 0) is 42.9 Å². The summed E-state index contributed by atoms with van der Waals surface area (Å²) in [5.74, 6) is 0.121. The maximum atomic E-state index is 12.8. The second-order valence-electron chi connectivity index (χ2n) is 6.83. The van der Waals surface area contributed by atoms with E-state index in [-0.39, 0.29) is 23.0 Å². The molecule has 1 aliphatic carbocycles. The first-order valence-corrected chi connectivity index (χ1v) is 9.72. The van der Waals surface area contributed by atoms with Crippen LogP contribution in [0.3, 0.4) is 0 Å². The number of sulfonamides is 1. The van der Waals surface area contributed by atoms with Gasteiger partial charge in [0.2, 0.25) is 15.9 Å². The molecule has 0 aromatic carbocycles. The molecule has 2 aliphatic heterocycles. The van der Waals surface area contributed by atoms with Crippen LogP contribution in [0.15, 0.2) is 24.5 Å². The number of aromatic nitrogens is 1. The van der Waals surface area contributed by atoms with E-state index < -0.39 is 10.0 Å². The Morgan fingerprint density at radius 1 is 1.13 bits per heavy atom. The van der Waals surface area contributed by atoms with Crippen molar-refractivity contribution in [2.24, 2.45) is 11.8 Å². The average molecular weight is 335 g/mol. The fraction of sp³-hybridized carbons (Fsp3) is 0.625. The quantitative estimate of drug-likeness (QED) is 0.818. The summed E-state index contributed by atoms with van der Waals surface area (Å²) >= 11 is 0. The number of rotatable bonds is 4. The minimum absolute atomic E-state index is 0.103. The summed E-state index contributed by atoms with van der Waals surface area (Å²) in [6, 6.07) is 3.83. The van der Waals surface area contributed by atoms with Gasteiger partial charge in [-0.3, -0.25) is 9.78 Å². The van der Waals surface area contributed by atoms with E-state index in [2.05, 4.69) is 4.98 Å². The lowest BCUT2D eigenvalue weighted by Gasteiger charge is -2.33. The zero-order valence-corrected chi connectivity index (χ0v) is 13.8. The molecule has 3 fully saturated rings. The molecule has 0 N–H and O–H groups in total. The Morgan fingerprint density at radius 2 is 1.87 bits per heavy atom. The second-order valence-corrected chi connectivity index (χ2v) is 9.04. The molecule has 4 rings (SSSR count). The van der Waals surface area contributed by atoms with Crippen molar-refractivity contribution < 1.29 is 13.2 Å². The summed E-state index contributed by atoms with van der Waals surface area (Å²) in [4.78, 5) is 18.6. The standard InChI is InChI=1S/C16H21N3O3S/c20-16-15-11-19(23(21,22)14-1-2-14)10-13(15)5-8-18(16)9-12-3-6-17-7-4-12/h3-4,6-7,13-15H,1-2,5,8-11H2. The van der Waals surface area contributed by atoms with Crippen LogP contribution in [-0.2, 0) is 21.4 Å². The molecule has 1 amide bonds. The van der Waals surface area contributed by atoms with Gasteiger partial charge in [-0.15, -0.1) is 0 Å². The number of fused-ring (bicyclic) bond motifs is 1. The van der Waals surface area contributed by atoms with Crippen molar-refractivity contribution >= 4 is 15.9 Å². The van der Waals surface area contributed by atoms with Gasteiger partial charge in [0, 0.05) is 38.6 Å². The van der Waals surface area contributed by atoms with Crippen molar-refractivity contribution in [1.29, 1.82) is 0 Å². The van der Waals surface area contributed by atoms with E-state index in [1.165, 1.54) is 0 Å². The fourth-order valence-corrected chi connectivity index (χ4v) is 5.64. The van der Waals surface area contributed by atoms with Crippen molar-refractivity contribution in [2.45, 2.75) is 31.1 Å². The van der Waals surface area contributed by atoms with E-state index in [1.54, 1.807) is 16.7 Å². The lowest BCUT2D eigenvalue weighted by Crippen LogP contribution is -2.44. The highest BCUT2D eigenvalue weighted by Crippen LogP contribution is 2.38. The summed E-state index contributed by atoms with van der Waals surface area (Å²) in [5.41, 5.74) is 1.06. The fourth-order valence-electron chi connectivity index (χ4n) is 3.72. The van der Waals surface area contributed by atoms with Crippen LogP contribution < -0.4 is 0 Å². The molecule has 6 nitrogen and oxygen atoms in total. The Morgan fingerprint density at radius 3 is 2.57 bits per heavy atom. The predicted octanol–water partition coefficient (Wildman–Crippen LogP) is 0.854. The monoisotopic (exact) mass is 335 g/mol. The zero-order valence-electron chi connectivity index (χ0n) is 13.0. The van der Waals surface area contributed by atoms with Gasteiger partial charge in [0.25, 0.3) is 0 Å². The predicted molar refractivity (Wildman–Crippen MR) is 84.8 cm³/mol.